The van der Waals surface area contributed by atoms with Crippen molar-refractivity contribution in [3.05, 3.63) is 101 Å². The van der Waals surface area contributed by atoms with Crippen LogP contribution >= 0.6 is 0 Å². The first-order valence-electron chi connectivity index (χ1n) is 11.7. The summed E-state index contributed by atoms with van der Waals surface area (Å²) in [5.41, 5.74) is 6.64. The molecule has 34 heavy (non-hydrogen) atoms. The fourth-order valence-corrected chi connectivity index (χ4v) is 5.54. The highest BCUT2D eigenvalue weighted by Gasteiger charge is 2.25. The number of aryl methyl sites for hydroxylation is 1. The van der Waals surface area contributed by atoms with Crippen LogP contribution in [0, 0.1) is 13.5 Å². The summed E-state index contributed by atoms with van der Waals surface area (Å²) >= 11 is 0. The van der Waals surface area contributed by atoms with Gasteiger partial charge in [-0.15, -0.1) is 0 Å². The molecule has 0 radical (unpaired) electrons. The first-order valence-corrected chi connectivity index (χ1v) is 11.7. The number of hydrogen-bond acceptors (Lipinski definition) is 1. The largest absolute Gasteiger partial charge is 0.456 e. The molecule has 6 rings (SSSR count). The number of nitrogens with zero attached hydrogens (tertiary/aromatic N) is 1. The van der Waals surface area contributed by atoms with Crippen LogP contribution in [0.15, 0.2) is 83.3 Å². The smallest absolute Gasteiger partial charge is 0.198 e. The second kappa shape index (κ2) is 7.20. The van der Waals surface area contributed by atoms with E-state index in [0.717, 1.165) is 43.8 Å². The van der Waals surface area contributed by atoms with Gasteiger partial charge in [0, 0.05) is 21.9 Å². The van der Waals surface area contributed by atoms with Crippen molar-refractivity contribution < 1.29 is 4.42 Å². The lowest BCUT2D eigenvalue weighted by Gasteiger charge is -2.21. The second-order valence-electron chi connectivity index (χ2n) is 10.1. The SMILES string of the molecule is [C-]#[N+]c1ccc2c(oc3c(C(C)(C)C)c(C)ccc32)c1-c1cc2ccccc2c2ccccc12. The fraction of sp³-hybridized carbons (Fsp3) is 0.156. The number of furan rings is 1. The summed E-state index contributed by atoms with van der Waals surface area (Å²) in [6, 6.07) is 27.5. The van der Waals surface area contributed by atoms with Crippen molar-refractivity contribution in [2.75, 3.05) is 0 Å². The van der Waals surface area contributed by atoms with Crippen LogP contribution < -0.4 is 0 Å². The summed E-state index contributed by atoms with van der Waals surface area (Å²) in [4.78, 5) is 3.93. The molecular formula is C32H25NO. The molecule has 0 unspecified atom stereocenters. The first kappa shape index (κ1) is 20.5. The number of rotatable bonds is 1. The minimum absolute atomic E-state index is 0.0596. The zero-order valence-corrected chi connectivity index (χ0v) is 19.9. The molecule has 0 atom stereocenters. The molecule has 0 N–H and O–H groups in total. The van der Waals surface area contributed by atoms with Crippen molar-refractivity contribution in [3.8, 4) is 11.1 Å². The van der Waals surface area contributed by atoms with Gasteiger partial charge in [-0.05, 0) is 51.1 Å². The molecule has 2 nitrogen and oxygen atoms in total. The molecule has 6 aromatic rings. The predicted molar refractivity (Wildman–Crippen MR) is 144 cm³/mol. The standard InChI is InChI=1S/C32H25NO/c1-19-14-15-25-24-16-17-27(33-5)28(30(24)34-31(25)29(19)32(2,3)4)26-18-20-10-6-7-11-21(20)22-12-8-9-13-23(22)26/h6-18H,1-4H3. The summed E-state index contributed by atoms with van der Waals surface area (Å²) in [6.45, 7) is 16.8. The summed E-state index contributed by atoms with van der Waals surface area (Å²) in [7, 11) is 0. The van der Waals surface area contributed by atoms with Crippen LogP contribution in [0.1, 0.15) is 31.9 Å². The molecule has 0 aliphatic heterocycles. The van der Waals surface area contributed by atoms with E-state index >= 15 is 0 Å². The Bertz CT molecular complexity index is 1810. The molecule has 0 fully saturated rings. The monoisotopic (exact) mass is 439 g/mol. The van der Waals surface area contributed by atoms with Crippen LogP contribution in [-0.2, 0) is 5.41 Å². The van der Waals surface area contributed by atoms with Gasteiger partial charge in [0.05, 0.1) is 6.57 Å². The van der Waals surface area contributed by atoms with Crippen LogP contribution in [0.4, 0.5) is 5.69 Å². The summed E-state index contributed by atoms with van der Waals surface area (Å²) in [5.74, 6) is 0. The number of fused-ring (bicyclic) bond motifs is 6. The van der Waals surface area contributed by atoms with E-state index in [1.807, 2.05) is 12.1 Å². The minimum atomic E-state index is -0.0596. The third kappa shape index (κ3) is 2.87. The molecule has 1 aromatic heterocycles. The van der Waals surface area contributed by atoms with Crippen molar-refractivity contribution in [3.63, 3.8) is 0 Å². The Labute approximate surface area is 199 Å². The molecule has 5 aromatic carbocycles. The average molecular weight is 440 g/mol. The molecule has 1 heterocycles. The Morgan fingerprint density at radius 1 is 0.706 bits per heavy atom. The highest BCUT2D eigenvalue weighted by Crippen LogP contribution is 2.47. The summed E-state index contributed by atoms with van der Waals surface area (Å²) in [5, 5.41) is 6.85. The Hall–Kier alpha value is -4.09. The maximum Gasteiger partial charge on any atom is 0.198 e. The lowest BCUT2D eigenvalue weighted by atomic mass is 9.83. The van der Waals surface area contributed by atoms with E-state index < -0.39 is 0 Å². The van der Waals surface area contributed by atoms with Gasteiger partial charge in [0.2, 0.25) is 0 Å². The highest BCUT2D eigenvalue weighted by molar-refractivity contribution is 6.20. The van der Waals surface area contributed by atoms with Gasteiger partial charge >= 0.3 is 0 Å². The van der Waals surface area contributed by atoms with Crippen LogP contribution in [0.25, 0.3) is 59.5 Å². The Balaban J connectivity index is 1.82. The Kier molecular flexibility index (Phi) is 4.35. The zero-order chi connectivity index (χ0) is 23.6. The molecule has 0 bridgehead atoms. The molecular weight excluding hydrogens is 414 g/mol. The molecule has 2 heteroatoms. The maximum absolute atomic E-state index is 7.97. The number of benzene rings is 5. The highest BCUT2D eigenvalue weighted by atomic mass is 16.3. The van der Waals surface area contributed by atoms with Crippen LogP contribution in [0.2, 0.25) is 0 Å². The number of hydrogen-bond donors (Lipinski definition) is 0. The third-order valence-electron chi connectivity index (χ3n) is 6.90. The van der Waals surface area contributed by atoms with Gasteiger partial charge in [0.15, 0.2) is 5.69 Å². The molecule has 0 saturated heterocycles. The normalized spacial score (nSPS) is 12.1. The molecule has 164 valence electrons. The molecule has 0 saturated carbocycles. The minimum Gasteiger partial charge on any atom is -0.456 e. The maximum atomic E-state index is 7.97. The van der Waals surface area contributed by atoms with Crippen molar-refractivity contribution in [1.29, 1.82) is 0 Å². The topological polar surface area (TPSA) is 17.5 Å². The van der Waals surface area contributed by atoms with Gasteiger partial charge in [0.1, 0.15) is 11.2 Å². The van der Waals surface area contributed by atoms with E-state index in [0.29, 0.717) is 5.69 Å². The van der Waals surface area contributed by atoms with Crippen LogP contribution in [0.5, 0.6) is 0 Å². The molecule has 0 amide bonds. The van der Waals surface area contributed by atoms with E-state index in [2.05, 4.69) is 99.3 Å². The van der Waals surface area contributed by atoms with Gasteiger partial charge in [-0.1, -0.05) is 93.6 Å². The van der Waals surface area contributed by atoms with Gasteiger partial charge in [-0.3, -0.25) is 0 Å². The second-order valence-corrected chi connectivity index (χ2v) is 10.1. The van der Waals surface area contributed by atoms with E-state index in [-0.39, 0.29) is 5.41 Å². The lowest BCUT2D eigenvalue weighted by molar-refractivity contribution is 0.569. The summed E-state index contributed by atoms with van der Waals surface area (Å²) < 4.78 is 6.74. The van der Waals surface area contributed by atoms with Crippen LogP contribution in [0.3, 0.4) is 0 Å². The van der Waals surface area contributed by atoms with E-state index in [1.165, 1.54) is 21.9 Å². The predicted octanol–water partition coefficient (Wildman–Crippen LogP) is 9.72. The van der Waals surface area contributed by atoms with Crippen LogP contribution in [-0.4, -0.2) is 0 Å². The van der Waals surface area contributed by atoms with Gasteiger partial charge in [-0.2, -0.15) is 0 Å². The molecule has 0 spiro atoms. The summed E-state index contributed by atoms with van der Waals surface area (Å²) in [6.07, 6.45) is 0. The zero-order valence-electron chi connectivity index (χ0n) is 19.9. The van der Waals surface area contributed by atoms with Gasteiger partial charge < -0.3 is 4.42 Å². The average Bonchev–Trinajstić information content (AvgIpc) is 3.20. The van der Waals surface area contributed by atoms with E-state index in [9.17, 15) is 0 Å². The van der Waals surface area contributed by atoms with E-state index in [1.54, 1.807) is 0 Å². The molecule has 0 aliphatic carbocycles. The fourth-order valence-electron chi connectivity index (χ4n) is 5.54. The van der Waals surface area contributed by atoms with Crippen molar-refractivity contribution in [2.24, 2.45) is 0 Å². The Morgan fingerprint density at radius 3 is 2.09 bits per heavy atom. The van der Waals surface area contributed by atoms with Crippen molar-refractivity contribution in [2.45, 2.75) is 33.1 Å². The lowest BCUT2D eigenvalue weighted by Crippen LogP contribution is -2.13. The quantitative estimate of drug-likeness (QED) is 0.184. The van der Waals surface area contributed by atoms with E-state index in [4.69, 9.17) is 11.0 Å². The van der Waals surface area contributed by atoms with Gasteiger partial charge in [0.25, 0.3) is 0 Å². The molecule has 0 aliphatic rings. The Morgan fingerprint density at radius 2 is 1.35 bits per heavy atom. The van der Waals surface area contributed by atoms with Crippen molar-refractivity contribution >= 4 is 49.2 Å². The third-order valence-corrected chi connectivity index (χ3v) is 6.90. The van der Waals surface area contributed by atoms with Gasteiger partial charge in [-0.25, -0.2) is 4.85 Å². The first-order chi connectivity index (χ1) is 16.4. The van der Waals surface area contributed by atoms with Crippen molar-refractivity contribution in [1.82, 2.24) is 0 Å².